The molecule has 0 saturated heterocycles. The van der Waals surface area contributed by atoms with E-state index in [2.05, 4.69) is 5.32 Å². The number of para-hydroxylation sites is 1. The van der Waals surface area contributed by atoms with Gasteiger partial charge in [0, 0.05) is 12.6 Å². The van der Waals surface area contributed by atoms with Crippen molar-refractivity contribution in [3.05, 3.63) is 74.9 Å². The van der Waals surface area contributed by atoms with Crippen molar-refractivity contribution in [2.75, 3.05) is 7.11 Å². The van der Waals surface area contributed by atoms with Crippen LogP contribution in [0.2, 0.25) is 0 Å². The standard InChI is InChI=1S/C22H25N3O4/c1-4-15(2)25-21(27)18-7-5-6-8-19(18)24(22(25)28)14-20(26)23-13-16-9-11-17(29-3)12-10-16/h5-12,15H,4,13-14H2,1-3H3,(H,23,26). The van der Waals surface area contributed by atoms with Crippen LogP contribution < -0.4 is 21.3 Å². The number of hydrogen-bond donors (Lipinski definition) is 1. The highest BCUT2D eigenvalue weighted by Gasteiger charge is 2.17. The quantitative estimate of drug-likeness (QED) is 0.666. The second-order valence-electron chi connectivity index (χ2n) is 6.94. The number of methoxy groups -OCH3 is 1. The summed E-state index contributed by atoms with van der Waals surface area (Å²) in [4.78, 5) is 38.4. The molecular weight excluding hydrogens is 370 g/mol. The van der Waals surface area contributed by atoms with Crippen LogP contribution in [0.3, 0.4) is 0 Å². The first-order valence-electron chi connectivity index (χ1n) is 9.60. The number of carbonyl (C=O) groups is 1. The number of hydrogen-bond acceptors (Lipinski definition) is 4. The average molecular weight is 395 g/mol. The minimum absolute atomic E-state index is 0.161. The molecule has 0 saturated carbocycles. The van der Waals surface area contributed by atoms with Crippen LogP contribution in [-0.2, 0) is 17.9 Å². The van der Waals surface area contributed by atoms with Gasteiger partial charge in [0.05, 0.1) is 18.0 Å². The van der Waals surface area contributed by atoms with Crippen molar-refractivity contribution in [1.82, 2.24) is 14.5 Å². The predicted octanol–water partition coefficient (Wildman–Crippen LogP) is 2.46. The number of fused-ring (bicyclic) bond motifs is 1. The zero-order valence-electron chi connectivity index (χ0n) is 16.8. The second-order valence-corrected chi connectivity index (χ2v) is 6.94. The highest BCUT2D eigenvalue weighted by Crippen LogP contribution is 2.12. The van der Waals surface area contributed by atoms with Gasteiger partial charge in [0.1, 0.15) is 12.3 Å². The lowest BCUT2D eigenvalue weighted by Crippen LogP contribution is -2.43. The number of rotatable bonds is 7. The van der Waals surface area contributed by atoms with Crippen molar-refractivity contribution in [2.45, 2.75) is 39.4 Å². The van der Waals surface area contributed by atoms with Crippen molar-refractivity contribution in [1.29, 1.82) is 0 Å². The third-order valence-electron chi connectivity index (χ3n) is 5.06. The maximum Gasteiger partial charge on any atom is 0.332 e. The van der Waals surface area contributed by atoms with E-state index < -0.39 is 5.69 Å². The molecule has 1 aromatic heterocycles. The smallest absolute Gasteiger partial charge is 0.332 e. The maximum absolute atomic E-state index is 13.0. The van der Waals surface area contributed by atoms with Gasteiger partial charge >= 0.3 is 5.69 Å². The van der Waals surface area contributed by atoms with Crippen LogP contribution in [0.1, 0.15) is 31.9 Å². The maximum atomic E-state index is 13.0. The minimum Gasteiger partial charge on any atom is -0.497 e. The molecule has 0 spiro atoms. The Morgan fingerprint density at radius 3 is 2.45 bits per heavy atom. The summed E-state index contributed by atoms with van der Waals surface area (Å²) >= 11 is 0. The molecule has 0 bridgehead atoms. The average Bonchev–Trinajstić information content (AvgIpc) is 2.75. The molecule has 29 heavy (non-hydrogen) atoms. The first-order valence-corrected chi connectivity index (χ1v) is 9.60. The molecule has 1 heterocycles. The summed E-state index contributed by atoms with van der Waals surface area (Å²) in [5.74, 6) is 0.438. The molecule has 0 aliphatic heterocycles. The van der Waals surface area contributed by atoms with E-state index in [9.17, 15) is 14.4 Å². The van der Waals surface area contributed by atoms with E-state index in [4.69, 9.17) is 4.74 Å². The molecule has 3 aromatic rings. The van der Waals surface area contributed by atoms with Crippen LogP contribution in [0.15, 0.2) is 58.1 Å². The second kappa shape index (κ2) is 8.77. The predicted molar refractivity (Wildman–Crippen MR) is 112 cm³/mol. The number of carbonyl (C=O) groups excluding carboxylic acids is 1. The first kappa shape index (κ1) is 20.4. The summed E-state index contributed by atoms with van der Waals surface area (Å²) in [7, 11) is 1.59. The van der Waals surface area contributed by atoms with E-state index >= 15 is 0 Å². The van der Waals surface area contributed by atoms with Crippen molar-refractivity contribution in [3.8, 4) is 5.75 Å². The van der Waals surface area contributed by atoms with Gasteiger partial charge in [0.25, 0.3) is 5.56 Å². The SMILES string of the molecule is CCC(C)n1c(=O)c2ccccc2n(CC(=O)NCc2ccc(OC)cc2)c1=O. The van der Waals surface area contributed by atoms with E-state index in [0.717, 1.165) is 11.3 Å². The Hall–Kier alpha value is -3.35. The molecule has 7 heteroatoms. The Bertz CT molecular complexity index is 1130. The van der Waals surface area contributed by atoms with Gasteiger partial charge in [-0.15, -0.1) is 0 Å². The summed E-state index contributed by atoms with van der Waals surface area (Å²) in [6.07, 6.45) is 0.636. The van der Waals surface area contributed by atoms with E-state index in [0.29, 0.717) is 23.9 Å². The monoisotopic (exact) mass is 395 g/mol. The van der Waals surface area contributed by atoms with Gasteiger partial charge in [0.15, 0.2) is 0 Å². The Balaban J connectivity index is 1.89. The van der Waals surface area contributed by atoms with Crippen LogP contribution in [0.5, 0.6) is 5.75 Å². The zero-order chi connectivity index (χ0) is 21.0. The molecule has 0 radical (unpaired) electrons. The molecule has 1 N–H and O–H groups in total. The molecule has 7 nitrogen and oxygen atoms in total. The molecule has 0 aliphatic rings. The molecule has 3 rings (SSSR count). The Kier molecular flexibility index (Phi) is 6.16. The van der Waals surface area contributed by atoms with E-state index in [-0.39, 0.29) is 24.1 Å². The summed E-state index contributed by atoms with van der Waals surface area (Å²) in [6.45, 7) is 3.91. The van der Waals surface area contributed by atoms with Crippen molar-refractivity contribution < 1.29 is 9.53 Å². The molecular formula is C22H25N3O4. The molecule has 2 aromatic carbocycles. The highest BCUT2D eigenvalue weighted by atomic mass is 16.5. The van der Waals surface area contributed by atoms with E-state index in [1.165, 1.54) is 9.13 Å². The fourth-order valence-electron chi connectivity index (χ4n) is 3.21. The van der Waals surface area contributed by atoms with Gasteiger partial charge in [-0.2, -0.15) is 0 Å². The lowest BCUT2D eigenvalue weighted by molar-refractivity contribution is -0.121. The van der Waals surface area contributed by atoms with Crippen LogP contribution in [0, 0.1) is 0 Å². The topological polar surface area (TPSA) is 82.3 Å². The fraction of sp³-hybridized carbons (Fsp3) is 0.318. The molecule has 1 atom stereocenters. The number of nitrogens with one attached hydrogen (secondary N) is 1. The van der Waals surface area contributed by atoms with Gasteiger partial charge in [0.2, 0.25) is 5.91 Å². The zero-order valence-corrected chi connectivity index (χ0v) is 16.8. The summed E-state index contributed by atoms with van der Waals surface area (Å²) in [6, 6.07) is 14.0. The fourth-order valence-corrected chi connectivity index (χ4v) is 3.21. The number of aromatic nitrogens is 2. The Morgan fingerprint density at radius 1 is 1.10 bits per heavy atom. The Labute approximate surface area is 168 Å². The van der Waals surface area contributed by atoms with Crippen LogP contribution in [-0.4, -0.2) is 22.2 Å². The third kappa shape index (κ3) is 4.23. The molecule has 0 aliphatic carbocycles. The van der Waals surface area contributed by atoms with Crippen LogP contribution >= 0.6 is 0 Å². The number of nitrogens with zero attached hydrogens (tertiary/aromatic N) is 2. The molecule has 1 amide bonds. The van der Waals surface area contributed by atoms with Gasteiger partial charge < -0.3 is 10.1 Å². The minimum atomic E-state index is -0.470. The van der Waals surface area contributed by atoms with Gasteiger partial charge in [-0.1, -0.05) is 31.2 Å². The number of amides is 1. The highest BCUT2D eigenvalue weighted by molar-refractivity contribution is 5.81. The first-order chi connectivity index (χ1) is 14.0. The van der Waals surface area contributed by atoms with Gasteiger partial charge in [-0.25, -0.2) is 4.79 Å². The lowest BCUT2D eigenvalue weighted by atomic mass is 10.2. The van der Waals surface area contributed by atoms with Gasteiger partial charge in [-0.05, 0) is 43.2 Å². The van der Waals surface area contributed by atoms with Crippen molar-refractivity contribution >= 4 is 16.8 Å². The van der Waals surface area contributed by atoms with Crippen molar-refractivity contribution in [2.24, 2.45) is 0 Å². The Morgan fingerprint density at radius 2 is 1.79 bits per heavy atom. The van der Waals surface area contributed by atoms with Crippen LogP contribution in [0.25, 0.3) is 10.9 Å². The summed E-state index contributed by atoms with van der Waals surface area (Å²) < 4.78 is 7.73. The normalized spacial score (nSPS) is 12.0. The lowest BCUT2D eigenvalue weighted by Gasteiger charge is -2.17. The number of ether oxygens (including phenoxy) is 1. The largest absolute Gasteiger partial charge is 0.497 e. The molecule has 0 fully saturated rings. The van der Waals surface area contributed by atoms with Crippen molar-refractivity contribution in [3.63, 3.8) is 0 Å². The number of benzene rings is 2. The third-order valence-corrected chi connectivity index (χ3v) is 5.06. The van der Waals surface area contributed by atoms with Crippen LogP contribution in [0.4, 0.5) is 0 Å². The molecule has 152 valence electrons. The van der Waals surface area contributed by atoms with E-state index in [1.54, 1.807) is 31.4 Å². The molecule has 1 unspecified atom stereocenters. The summed E-state index contributed by atoms with van der Waals surface area (Å²) in [5.41, 5.74) is 0.583. The van der Waals surface area contributed by atoms with Gasteiger partial charge in [-0.3, -0.25) is 18.7 Å². The van der Waals surface area contributed by atoms with E-state index in [1.807, 2.05) is 38.1 Å². The summed E-state index contributed by atoms with van der Waals surface area (Å²) in [5, 5.41) is 3.25.